The van der Waals surface area contributed by atoms with Gasteiger partial charge in [-0.2, -0.15) is 0 Å². The van der Waals surface area contributed by atoms with E-state index in [0.717, 1.165) is 23.0 Å². The van der Waals surface area contributed by atoms with Crippen molar-refractivity contribution >= 4 is 17.9 Å². The van der Waals surface area contributed by atoms with Gasteiger partial charge in [-0.15, -0.1) is 0 Å². The standard InChI is InChI=1S/C20H15ClO2/c21-19-9-5-4-8-17(19)18-12-16(13-22)10-11-20(18)23-14-15-6-2-1-3-7-15/h1-13H,14H2. The average Bonchev–Trinajstić information content (AvgIpc) is 2.61. The second-order valence-electron chi connectivity index (χ2n) is 5.13. The Morgan fingerprint density at radius 3 is 2.35 bits per heavy atom. The Labute approximate surface area is 140 Å². The highest BCUT2D eigenvalue weighted by molar-refractivity contribution is 6.33. The summed E-state index contributed by atoms with van der Waals surface area (Å²) >= 11 is 6.30. The van der Waals surface area contributed by atoms with E-state index in [1.165, 1.54) is 0 Å². The van der Waals surface area contributed by atoms with Gasteiger partial charge in [-0.05, 0) is 29.8 Å². The van der Waals surface area contributed by atoms with Gasteiger partial charge in [-0.3, -0.25) is 4.79 Å². The molecule has 2 nitrogen and oxygen atoms in total. The number of carbonyl (C=O) groups is 1. The topological polar surface area (TPSA) is 26.3 Å². The Hall–Kier alpha value is -2.58. The molecule has 3 rings (SSSR count). The molecule has 114 valence electrons. The van der Waals surface area contributed by atoms with Crippen LogP contribution in [0.2, 0.25) is 5.02 Å². The minimum atomic E-state index is 0.457. The molecule has 0 bridgehead atoms. The van der Waals surface area contributed by atoms with Gasteiger partial charge < -0.3 is 4.74 Å². The molecule has 0 amide bonds. The second-order valence-corrected chi connectivity index (χ2v) is 5.53. The van der Waals surface area contributed by atoms with Gasteiger partial charge in [0.05, 0.1) is 0 Å². The van der Waals surface area contributed by atoms with Crippen LogP contribution < -0.4 is 4.74 Å². The van der Waals surface area contributed by atoms with Gasteiger partial charge in [0, 0.05) is 21.7 Å². The highest BCUT2D eigenvalue weighted by Gasteiger charge is 2.11. The lowest BCUT2D eigenvalue weighted by molar-refractivity contribution is 0.112. The highest BCUT2D eigenvalue weighted by atomic mass is 35.5. The fourth-order valence-corrected chi connectivity index (χ4v) is 2.61. The van der Waals surface area contributed by atoms with E-state index >= 15 is 0 Å². The van der Waals surface area contributed by atoms with E-state index in [9.17, 15) is 4.79 Å². The first-order chi connectivity index (χ1) is 11.3. The van der Waals surface area contributed by atoms with E-state index in [-0.39, 0.29) is 0 Å². The lowest BCUT2D eigenvalue weighted by Gasteiger charge is -2.13. The summed E-state index contributed by atoms with van der Waals surface area (Å²) in [6.07, 6.45) is 0.821. The maximum Gasteiger partial charge on any atom is 0.150 e. The minimum absolute atomic E-state index is 0.457. The van der Waals surface area contributed by atoms with Crippen molar-refractivity contribution in [3.8, 4) is 16.9 Å². The molecule has 3 heteroatoms. The smallest absolute Gasteiger partial charge is 0.150 e. The lowest BCUT2D eigenvalue weighted by atomic mass is 10.0. The van der Waals surface area contributed by atoms with Crippen LogP contribution >= 0.6 is 11.6 Å². The minimum Gasteiger partial charge on any atom is -0.488 e. The summed E-state index contributed by atoms with van der Waals surface area (Å²) in [5, 5.41) is 0.625. The van der Waals surface area contributed by atoms with Gasteiger partial charge in [-0.1, -0.05) is 60.1 Å². The molecular weight excluding hydrogens is 308 g/mol. The van der Waals surface area contributed by atoms with Crippen LogP contribution in [0.3, 0.4) is 0 Å². The van der Waals surface area contributed by atoms with Gasteiger partial charge in [0.15, 0.2) is 0 Å². The van der Waals surface area contributed by atoms with Crippen molar-refractivity contribution in [2.75, 3.05) is 0 Å². The van der Waals surface area contributed by atoms with Crippen molar-refractivity contribution in [3.05, 3.63) is 88.9 Å². The summed E-state index contributed by atoms with van der Waals surface area (Å²) < 4.78 is 5.96. The Kier molecular flexibility index (Phi) is 4.74. The third-order valence-corrected chi connectivity index (χ3v) is 3.87. The van der Waals surface area contributed by atoms with Crippen LogP contribution in [-0.4, -0.2) is 6.29 Å². The molecule has 0 fully saturated rings. The summed E-state index contributed by atoms with van der Waals surface area (Å²) in [4.78, 5) is 11.1. The van der Waals surface area contributed by atoms with Gasteiger partial charge in [-0.25, -0.2) is 0 Å². The zero-order valence-corrected chi connectivity index (χ0v) is 13.2. The number of carbonyl (C=O) groups excluding carboxylic acids is 1. The maximum absolute atomic E-state index is 11.1. The molecule has 0 spiro atoms. The molecule has 0 aliphatic rings. The molecule has 0 atom stereocenters. The van der Waals surface area contributed by atoms with E-state index in [2.05, 4.69) is 0 Å². The van der Waals surface area contributed by atoms with Crippen LogP contribution in [-0.2, 0) is 6.61 Å². The first-order valence-corrected chi connectivity index (χ1v) is 7.66. The summed E-state index contributed by atoms with van der Waals surface area (Å²) in [6, 6.07) is 22.8. The van der Waals surface area contributed by atoms with Crippen LogP contribution in [0.1, 0.15) is 15.9 Å². The van der Waals surface area contributed by atoms with Crippen molar-refractivity contribution in [2.24, 2.45) is 0 Å². The zero-order chi connectivity index (χ0) is 16.1. The van der Waals surface area contributed by atoms with Crippen molar-refractivity contribution in [3.63, 3.8) is 0 Å². The number of aldehydes is 1. The summed E-state index contributed by atoms with van der Waals surface area (Å²) in [5.74, 6) is 0.701. The zero-order valence-electron chi connectivity index (χ0n) is 12.4. The summed E-state index contributed by atoms with van der Waals surface area (Å²) in [7, 11) is 0. The van der Waals surface area contributed by atoms with E-state index in [1.54, 1.807) is 12.1 Å². The summed E-state index contributed by atoms with van der Waals surface area (Å²) in [5.41, 5.74) is 3.33. The number of rotatable bonds is 5. The lowest BCUT2D eigenvalue weighted by Crippen LogP contribution is -1.98. The molecule has 0 radical (unpaired) electrons. The van der Waals surface area contributed by atoms with Crippen LogP contribution in [0.25, 0.3) is 11.1 Å². The van der Waals surface area contributed by atoms with E-state index in [1.807, 2.05) is 60.7 Å². The van der Waals surface area contributed by atoms with Crippen LogP contribution in [0.5, 0.6) is 5.75 Å². The van der Waals surface area contributed by atoms with Crippen LogP contribution in [0.4, 0.5) is 0 Å². The fourth-order valence-electron chi connectivity index (χ4n) is 2.37. The first kappa shape index (κ1) is 15.3. The predicted octanol–water partition coefficient (Wildman–Crippen LogP) is 5.40. The molecule has 3 aromatic rings. The fraction of sp³-hybridized carbons (Fsp3) is 0.0500. The molecule has 0 unspecified atom stereocenters. The Morgan fingerprint density at radius 1 is 0.870 bits per heavy atom. The quantitative estimate of drug-likeness (QED) is 0.588. The van der Waals surface area contributed by atoms with Gasteiger partial charge in [0.25, 0.3) is 0 Å². The third-order valence-electron chi connectivity index (χ3n) is 3.54. The van der Waals surface area contributed by atoms with Crippen molar-refractivity contribution in [2.45, 2.75) is 6.61 Å². The van der Waals surface area contributed by atoms with Gasteiger partial charge in [0.1, 0.15) is 18.6 Å². The molecule has 0 saturated carbocycles. The number of hydrogen-bond donors (Lipinski definition) is 0. The molecule has 3 aromatic carbocycles. The second kappa shape index (κ2) is 7.12. The predicted molar refractivity (Wildman–Crippen MR) is 93.0 cm³/mol. The molecule has 0 aromatic heterocycles. The highest BCUT2D eigenvalue weighted by Crippen LogP contribution is 2.35. The molecule has 0 heterocycles. The number of hydrogen-bond acceptors (Lipinski definition) is 2. The van der Waals surface area contributed by atoms with Crippen molar-refractivity contribution in [1.82, 2.24) is 0 Å². The average molecular weight is 323 g/mol. The largest absolute Gasteiger partial charge is 0.488 e. The van der Waals surface area contributed by atoms with Crippen molar-refractivity contribution < 1.29 is 9.53 Å². The summed E-state index contributed by atoms with van der Waals surface area (Å²) in [6.45, 7) is 0.457. The SMILES string of the molecule is O=Cc1ccc(OCc2ccccc2)c(-c2ccccc2Cl)c1. The molecular formula is C20H15ClO2. The normalized spacial score (nSPS) is 10.3. The molecule has 23 heavy (non-hydrogen) atoms. The van der Waals surface area contributed by atoms with E-state index < -0.39 is 0 Å². The van der Waals surface area contributed by atoms with Crippen LogP contribution in [0.15, 0.2) is 72.8 Å². The Balaban J connectivity index is 1.96. The number of benzene rings is 3. The Morgan fingerprint density at radius 2 is 1.61 bits per heavy atom. The number of halogens is 1. The van der Waals surface area contributed by atoms with Crippen LogP contribution in [0, 0.1) is 0 Å². The third kappa shape index (κ3) is 3.61. The molecule has 0 saturated heterocycles. The maximum atomic E-state index is 11.1. The molecule has 0 N–H and O–H groups in total. The van der Waals surface area contributed by atoms with Gasteiger partial charge >= 0.3 is 0 Å². The van der Waals surface area contributed by atoms with E-state index in [0.29, 0.717) is 22.9 Å². The monoisotopic (exact) mass is 322 g/mol. The Bertz CT molecular complexity index is 813. The van der Waals surface area contributed by atoms with E-state index in [4.69, 9.17) is 16.3 Å². The van der Waals surface area contributed by atoms with Gasteiger partial charge in [0.2, 0.25) is 0 Å². The number of ether oxygens (including phenoxy) is 1. The van der Waals surface area contributed by atoms with Crippen molar-refractivity contribution in [1.29, 1.82) is 0 Å². The molecule has 0 aliphatic carbocycles. The molecule has 0 aliphatic heterocycles. The first-order valence-electron chi connectivity index (χ1n) is 7.29.